The molecule has 1 aromatic carbocycles. The molecule has 0 radical (unpaired) electrons. The lowest BCUT2D eigenvalue weighted by atomic mass is 10.2. The molecule has 1 unspecified atom stereocenters. The summed E-state index contributed by atoms with van der Waals surface area (Å²) in [4.78, 5) is 10.6. The summed E-state index contributed by atoms with van der Waals surface area (Å²) in [7, 11) is 0. The highest BCUT2D eigenvalue weighted by Crippen LogP contribution is 2.19. The number of benzene rings is 1. The molecule has 0 saturated heterocycles. The number of hydrogen-bond donors (Lipinski definition) is 3. The van der Waals surface area contributed by atoms with Gasteiger partial charge in [0.25, 0.3) is 0 Å². The zero-order valence-electron chi connectivity index (χ0n) is 10.4. The van der Waals surface area contributed by atoms with Crippen molar-refractivity contribution in [1.82, 2.24) is 5.32 Å². The lowest BCUT2D eigenvalue weighted by molar-refractivity contribution is -0.201. The second kappa shape index (κ2) is 7.11. The second-order valence-corrected chi connectivity index (χ2v) is 3.94. The van der Waals surface area contributed by atoms with Crippen molar-refractivity contribution in [2.45, 2.75) is 12.3 Å². The lowest BCUT2D eigenvalue weighted by Gasteiger charge is -2.15. The van der Waals surface area contributed by atoms with Gasteiger partial charge in [0.2, 0.25) is 0 Å². The van der Waals surface area contributed by atoms with E-state index in [1.165, 1.54) is 24.3 Å². The smallest absolute Gasteiger partial charge is 0.415 e. The molecule has 0 bridgehead atoms. The van der Waals surface area contributed by atoms with E-state index in [2.05, 4.69) is 5.32 Å². The maximum absolute atomic E-state index is 12.0. The minimum atomic E-state index is -4.64. The highest BCUT2D eigenvalue weighted by atomic mass is 19.4. The van der Waals surface area contributed by atoms with Crippen molar-refractivity contribution in [2.24, 2.45) is 0 Å². The fourth-order valence-corrected chi connectivity index (χ4v) is 1.29. The number of ether oxygens (including phenoxy) is 1. The van der Waals surface area contributed by atoms with Crippen molar-refractivity contribution >= 4 is 5.97 Å². The molecule has 1 rings (SSSR count). The monoisotopic (exact) mass is 293 g/mol. The third-order valence-corrected chi connectivity index (χ3v) is 2.36. The van der Waals surface area contributed by atoms with Crippen LogP contribution < -0.4 is 10.1 Å². The van der Waals surface area contributed by atoms with Crippen LogP contribution in [-0.4, -0.2) is 48.2 Å². The first-order valence-electron chi connectivity index (χ1n) is 5.72. The van der Waals surface area contributed by atoms with E-state index < -0.39 is 24.8 Å². The lowest BCUT2D eigenvalue weighted by Crippen LogP contribution is -2.39. The molecule has 0 amide bonds. The van der Waals surface area contributed by atoms with E-state index in [1.54, 1.807) is 0 Å². The largest absolute Gasteiger partial charge is 0.492 e. The van der Waals surface area contributed by atoms with Gasteiger partial charge in [-0.25, -0.2) is 4.79 Å². The van der Waals surface area contributed by atoms with Gasteiger partial charge in [-0.05, 0) is 24.3 Å². The summed E-state index contributed by atoms with van der Waals surface area (Å²) >= 11 is 0. The van der Waals surface area contributed by atoms with Crippen LogP contribution in [0.1, 0.15) is 10.4 Å². The van der Waals surface area contributed by atoms with Gasteiger partial charge in [0.05, 0.1) is 5.56 Å². The Morgan fingerprint density at radius 3 is 2.40 bits per heavy atom. The number of halogens is 3. The van der Waals surface area contributed by atoms with Crippen molar-refractivity contribution in [3.05, 3.63) is 29.8 Å². The molecule has 0 heterocycles. The molecule has 0 fully saturated rings. The third-order valence-electron chi connectivity index (χ3n) is 2.36. The Bertz CT molecular complexity index is 433. The number of aliphatic hydroxyl groups excluding tert-OH is 1. The van der Waals surface area contributed by atoms with Crippen LogP contribution in [0.4, 0.5) is 13.2 Å². The first-order valence-corrected chi connectivity index (χ1v) is 5.72. The molecular weight excluding hydrogens is 279 g/mol. The zero-order valence-corrected chi connectivity index (χ0v) is 10.4. The maximum Gasteiger partial charge on any atom is 0.415 e. The van der Waals surface area contributed by atoms with Gasteiger partial charge in [0.1, 0.15) is 12.4 Å². The normalized spacial score (nSPS) is 13.0. The van der Waals surface area contributed by atoms with E-state index in [1.807, 2.05) is 0 Å². The summed E-state index contributed by atoms with van der Waals surface area (Å²) in [6.07, 6.45) is -7.04. The van der Waals surface area contributed by atoms with Crippen molar-refractivity contribution in [1.29, 1.82) is 0 Å². The third kappa shape index (κ3) is 5.45. The molecule has 20 heavy (non-hydrogen) atoms. The molecule has 0 aromatic heterocycles. The number of aromatic carboxylic acids is 1. The zero-order chi connectivity index (χ0) is 15.2. The predicted octanol–water partition coefficient (Wildman–Crippen LogP) is 1.28. The van der Waals surface area contributed by atoms with Crippen molar-refractivity contribution in [3.8, 4) is 5.75 Å². The number of aliphatic hydroxyl groups is 1. The molecule has 3 N–H and O–H groups in total. The van der Waals surface area contributed by atoms with Crippen LogP contribution in [0.25, 0.3) is 0 Å². The van der Waals surface area contributed by atoms with Crippen molar-refractivity contribution in [3.63, 3.8) is 0 Å². The summed E-state index contributed by atoms with van der Waals surface area (Å²) in [5, 5.41) is 19.8. The molecule has 8 heteroatoms. The van der Waals surface area contributed by atoms with Crippen LogP contribution in [0.5, 0.6) is 5.75 Å². The molecule has 0 aliphatic carbocycles. The molecule has 5 nitrogen and oxygen atoms in total. The summed E-state index contributed by atoms with van der Waals surface area (Å²) in [5.41, 5.74) is 0.115. The number of nitrogens with one attached hydrogen (secondary N) is 1. The molecule has 1 aromatic rings. The van der Waals surface area contributed by atoms with Gasteiger partial charge < -0.3 is 20.3 Å². The number of rotatable bonds is 7. The maximum atomic E-state index is 12.0. The summed E-state index contributed by atoms with van der Waals surface area (Å²) < 4.78 is 41.1. The van der Waals surface area contributed by atoms with Gasteiger partial charge in [-0.15, -0.1) is 0 Å². The first kappa shape index (κ1) is 16.3. The van der Waals surface area contributed by atoms with Gasteiger partial charge in [-0.3, -0.25) is 0 Å². The Kier molecular flexibility index (Phi) is 5.78. The SMILES string of the molecule is O=C(O)c1ccc(OCCNCC(O)C(F)(F)F)cc1. The average Bonchev–Trinajstić information content (AvgIpc) is 2.37. The number of alkyl halides is 3. The number of carboxylic acids is 1. The second-order valence-electron chi connectivity index (χ2n) is 3.94. The Morgan fingerprint density at radius 2 is 1.90 bits per heavy atom. The minimum Gasteiger partial charge on any atom is -0.492 e. The summed E-state index contributed by atoms with van der Waals surface area (Å²) in [5.74, 6) is -0.646. The summed E-state index contributed by atoms with van der Waals surface area (Å²) in [6, 6.07) is 5.62. The average molecular weight is 293 g/mol. The van der Waals surface area contributed by atoms with Gasteiger partial charge in [0, 0.05) is 13.1 Å². The Morgan fingerprint density at radius 1 is 1.30 bits per heavy atom. The quantitative estimate of drug-likeness (QED) is 0.660. The van der Waals surface area contributed by atoms with E-state index >= 15 is 0 Å². The van der Waals surface area contributed by atoms with E-state index in [0.29, 0.717) is 5.75 Å². The van der Waals surface area contributed by atoms with E-state index in [-0.39, 0.29) is 18.7 Å². The Hall–Kier alpha value is -1.80. The molecule has 112 valence electrons. The van der Waals surface area contributed by atoms with Crippen LogP contribution in [0.15, 0.2) is 24.3 Å². The number of carboxylic acid groups (broad SMARTS) is 1. The van der Waals surface area contributed by atoms with E-state index in [4.69, 9.17) is 14.9 Å². The number of carbonyl (C=O) groups is 1. The van der Waals surface area contributed by atoms with E-state index in [9.17, 15) is 18.0 Å². The van der Waals surface area contributed by atoms with Crippen LogP contribution in [0.2, 0.25) is 0 Å². The highest BCUT2D eigenvalue weighted by Gasteiger charge is 2.37. The summed E-state index contributed by atoms with van der Waals surface area (Å²) in [6.45, 7) is -0.393. The minimum absolute atomic E-state index is 0.0942. The molecule has 0 saturated carbocycles. The molecule has 0 aliphatic heterocycles. The highest BCUT2D eigenvalue weighted by molar-refractivity contribution is 5.87. The van der Waals surface area contributed by atoms with Gasteiger partial charge in [-0.1, -0.05) is 0 Å². The standard InChI is InChI=1S/C12H14F3NO4/c13-12(14,15)10(17)7-16-5-6-20-9-3-1-8(2-4-9)11(18)19/h1-4,10,16-17H,5-7H2,(H,18,19). The van der Waals surface area contributed by atoms with Gasteiger partial charge in [0.15, 0.2) is 6.10 Å². The molecule has 1 atom stereocenters. The first-order chi connectivity index (χ1) is 9.30. The number of hydrogen-bond acceptors (Lipinski definition) is 4. The topological polar surface area (TPSA) is 78.8 Å². The van der Waals surface area contributed by atoms with Crippen molar-refractivity contribution < 1.29 is 32.9 Å². The van der Waals surface area contributed by atoms with Crippen LogP contribution in [0, 0.1) is 0 Å². The Balaban J connectivity index is 2.23. The fourth-order valence-electron chi connectivity index (χ4n) is 1.29. The van der Waals surface area contributed by atoms with E-state index in [0.717, 1.165) is 0 Å². The molecular formula is C12H14F3NO4. The van der Waals surface area contributed by atoms with Crippen molar-refractivity contribution in [2.75, 3.05) is 19.7 Å². The van der Waals surface area contributed by atoms with Crippen LogP contribution in [-0.2, 0) is 0 Å². The Labute approximate surface area is 113 Å². The van der Waals surface area contributed by atoms with Gasteiger partial charge >= 0.3 is 12.1 Å². The molecule has 0 spiro atoms. The van der Waals surface area contributed by atoms with Crippen LogP contribution >= 0.6 is 0 Å². The molecule has 0 aliphatic rings. The predicted molar refractivity (Wildman–Crippen MR) is 63.8 cm³/mol. The van der Waals surface area contributed by atoms with Gasteiger partial charge in [-0.2, -0.15) is 13.2 Å². The fraction of sp³-hybridized carbons (Fsp3) is 0.417. The van der Waals surface area contributed by atoms with Crippen LogP contribution in [0.3, 0.4) is 0 Å².